The van der Waals surface area contributed by atoms with Crippen molar-refractivity contribution in [2.45, 2.75) is 26.3 Å². The topological polar surface area (TPSA) is 46.2 Å². The fourth-order valence-corrected chi connectivity index (χ4v) is 1.12. The highest BCUT2D eigenvalue weighted by Crippen LogP contribution is 1.93. The Morgan fingerprint density at radius 3 is 2.36 bits per heavy atom. The van der Waals surface area contributed by atoms with Crippen molar-refractivity contribution in [2.24, 2.45) is 0 Å². The van der Waals surface area contributed by atoms with Crippen LogP contribution in [0.25, 0.3) is 0 Å². The second kappa shape index (κ2) is 4.66. The third kappa shape index (κ3) is 9.84. The molecular weight excluding hydrogens is 169 g/mol. The molecule has 68 valence electrons. The highest BCUT2D eigenvalue weighted by molar-refractivity contribution is 7.86. The molecule has 5 heteroatoms. The highest BCUT2D eigenvalue weighted by atomic mass is 32.3. The summed E-state index contributed by atoms with van der Waals surface area (Å²) in [6.07, 6.45) is 0.330. The van der Waals surface area contributed by atoms with Crippen molar-refractivity contribution in [1.82, 2.24) is 5.32 Å². The summed E-state index contributed by atoms with van der Waals surface area (Å²) < 4.78 is 31.8. The van der Waals surface area contributed by atoms with Gasteiger partial charge in [-0.2, -0.15) is 8.42 Å². The van der Waals surface area contributed by atoms with Gasteiger partial charge in [0.05, 0.1) is 5.75 Å². The molecule has 0 fully saturated rings. The summed E-state index contributed by atoms with van der Waals surface area (Å²) in [5.41, 5.74) is 0. The number of hydrogen-bond donors (Lipinski definition) is 1. The normalized spacial score (nSPS) is 12.4. The zero-order valence-corrected chi connectivity index (χ0v) is 7.62. The molecule has 0 aromatic carbocycles. The van der Waals surface area contributed by atoms with Crippen molar-refractivity contribution < 1.29 is 12.3 Å². The molecule has 0 saturated carbocycles. The third-order valence-corrected chi connectivity index (χ3v) is 1.89. The first-order valence-corrected chi connectivity index (χ1v) is 5.13. The van der Waals surface area contributed by atoms with Gasteiger partial charge in [-0.3, -0.25) is 0 Å². The van der Waals surface area contributed by atoms with Gasteiger partial charge in [-0.15, -0.1) is 3.89 Å². The molecular formula is C6H14FNO2S. The lowest BCUT2D eigenvalue weighted by Crippen LogP contribution is -2.24. The largest absolute Gasteiger partial charge is 0.314 e. The van der Waals surface area contributed by atoms with Gasteiger partial charge in [-0.05, 0) is 13.0 Å². The van der Waals surface area contributed by atoms with E-state index in [1.165, 1.54) is 0 Å². The molecule has 0 aromatic rings. The van der Waals surface area contributed by atoms with E-state index >= 15 is 0 Å². The number of hydrogen-bond acceptors (Lipinski definition) is 3. The van der Waals surface area contributed by atoms with Crippen LogP contribution >= 0.6 is 0 Å². The van der Waals surface area contributed by atoms with E-state index in [1.54, 1.807) is 0 Å². The Balaban J connectivity index is 3.30. The molecule has 0 heterocycles. The molecule has 1 N–H and O–H groups in total. The fourth-order valence-electron chi connectivity index (χ4n) is 0.635. The molecule has 0 aliphatic carbocycles. The molecule has 0 atom stereocenters. The molecule has 0 amide bonds. The zero-order valence-electron chi connectivity index (χ0n) is 6.80. The lowest BCUT2D eigenvalue weighted by molar-refractivity contribution is 0.539. The van der Waals surface area contributed by atoms with Crippen molar-refractivity contribution in [1.29, 1.82) is 0 Å². The SMILES string of the molecule is CC(C)NCCCS(=O)(=O)F. The van der Waals surface area contributed by atoms with Crippen LogP contribution in [-0.2, 0) is 10.2 Å². The van der Waals surface area contributed by atoms with Gasteiger partial charge in [0.15, 0.2) is 0 Å². The smallest absolute Gasteiger partial charge is 0.302 e. The van der Waals surface area contributed by atoms with E-state index < -0.39 is 10.2 Å². The summed E-state index contributed by atoms with van der Waals surface area (Å²) in [4.78, 5) is 0. The second-order valence-corrected chi connectivity index (χ2v) is 4.19. The standard InChI is InChI=1S/C6H14FNO2S/c1-6(2)8-4-3-5-11(7,9)10/h6,8H,3-5H2,1-2H3. The van der Waals surface area contributed by atoms with E-state index in [1.807, 2.05) is 13.8 Å². The van der Waals surface area contributed by atoms with Gasteiger partial charge < -0.3 is 5.32 Å². The van der Waals surface area contributed by atoms with Gasteiger partial charge >= 0.3 is 10.2 Å². The first kappa shape index (κ1) is 10.8. The van der Waals surface area contributed by atoms with Crippen LogP contribution in [0, 0.1) is 0 Å². The average molecular weight is 183 g/mol. The monoisotopic (exact) mass is 183 g/mol. The minimum atomic E-state index is -4.26. The van der Waals surface area contributed by atoms with E-state index in [-0.39, 0.29) is 5.75 Å². The molecule has 0 radical (unpaired) electrons. The second-order valence-electron chi connectivity index (χ2n) is 2.71. The van der Waals surface area contributed by atoms with Crippen LogP contribution in [0.4, 0.5) is 3.89 Å². The van der Waals surface area contributed by atoms with E-state index in [2.05, 4.69) is 5.32 Å². The Hall–Kier alpha value is -0.160. The summed E-state index contributed by atoms with van der Waals surface area (Å²) in [7, 11) is -4.26. The summed E-state index contributed by atoms with van der Waals surface area (Å²) in [5, 5.41) is 2.99. The first-order chi connectivity index (χ1) is 4.92. The molecule has 0 aliphatic rings. The molecule has 0 spiro atoms. The maximum absolute atomic E-state index is 11.9. The Morgan fingerprint density at radius 1 is 1.45 bits per heavy atom. The van der Waals surface area contributed by atoms with Crippen LogP contribution in [0.5, 0.6) is 0 Å². The highest BCUT2D eigenvalue weighted by Gasteiger charge is 2.05. The van der Waals surface area contributed by atoms with Gasteiger partial charge in [0, 0.05) is 6.04 Å². The van der Waals surface area contributed by atoms with E-state index in [9.17, 15) is 12.3 Å². The van der Waals surface area contributed by atoms with Crippen LogP contribution < -0.4 is 5.32 Å². The van der Waals surface area contributed by atoms with Crippen molar-refractivity contribution in [3.8, 4) is 0 Å². The molecule has 3 nitrogen and oxygen atoms in total. The van der Waals surface area contributed by atoms with Gasteiger partial charge in [0.25, 0.3) is 0 Å². The van der Waals surface area contributed by atoms with Crippen molar-refractivity contribution in [3.05, 3.63) is 0 Å². The molecule has 0 bridgehead atoms. The Morgan fingerprint density at radius 2 is 2.00 bits per heavy atom. The average Bonchev–Trinajstić information content (AvgIpc) is 1.78. The maximum atomic E-state index is 11.9. The van der Waals surface area contributed by atoms with Gasteiger partial charge in [0.2, 0.25) is 0 Å². The third-order valence-electron chi connectivity index (χ3n) is 1.12. The summed E-state index contributed by atoms with van der Waals surface area (Å²) in [5.74, 6) is -0.382. The van der Waals surface area contributed by atoms with E-state index in [4.69, 9.17) is 0 Å². The van der Waals surface area contributed by atoms with Crippen molar-refractivity contribution in [3.63, 3.8) is 0 Å². The lowest BCUT2D eigenvalue weighted by atomic mass is 10.4. The Kier molecular flexibility index (Phi) is 4.60. The molecule has 11 heavy (non-hydrogen) atoms. The Bertz CT molecular complexity index is 189. The Labute approximate surface area is 67.2 Å². The predicted molar refractivity (Wildman–Crippen MR) is 42.7 cm³/mol. The summed E-state index contributed by atoms with van der Waals surface area (Å²) in [6.45, 7) is 4.44. The molecule has 0 unspecified atom stereocenters. The van der Waals surface area contributed by atoms with Crippen molar-refractivity contribution in [2.75, 3.05) is 12.3 Å². The van der Waals surface area contributed by atoms with E-state index in [0.717, 1.165) is 0 Å². The van der Waals surface area contributed by atoms with Crippen LogP contribution in [0.3, 0.4) is 0 Å². The molecule has 0 rings (SSSR count). The van der Waals surface area contributed by atoms with Gasteiger partial charge in [-0.1, -0.05) is 13.8 Å². The molecule has 0 saturated heterocycles. The molecule has 0 aromatic heterocycles. The lowest BCUT2D eigenvalue weighted by Gasteiger charge is -2.05. The fraction of sp³-hybridized carbons (Fsp3) is 1.00. The van der Waals surface area contributed by atoms with Gasteiger partial charge in [-0.25, -0.2) is 0 Å². The predicted octanol–water partition coefficient (Wildman–Crippen LogP) is 0.674. The van der Waals surface area contributed by atoms with Crippen LogP contribution in [-0.4, -0.2) is 26.8 Å². The number of nitrogens with one attached hydrogen (secondary N) is 1. The maximum Gasteiger partial charge on any atom is 0.302 e. The first-order valence-electron chi connectivity index (χ1n) is 3.57. The minimum Gasteiger partial charge on any atom is -0.314 e. The van der Waals surface area contributed by atoms with Crippen LogP contribution in [0.2, 0.25) is 0 Å². The summed E-state index contributed by atoms with van der Waals surface area (Å²) in [6, 6.07) is 0.317. The zero-order chi connectivity index (χ0) is 8.91. The minimum absolute atomic E-state index is 0.317. The van der Waals surface area contributed by atoms with Crippen LogP contribution in [0.1, 0.15) is 20.3 Å². The molecule has 0 aliphatic heterocycles. The quantitative estimate of drug-likeness (QED) is 0.503. The van der Waals surface area contributed by atoms with E-state index in [0.29, 0.717) is 19.0 Å². The van der Waals surface area contributed by atoms with Crippen LogP contribution in [0.15, 0.2) is 0 Å². The van der Waals surface area contributed by atoms with Gasteiger partial charge in [0.1, 0.15) is 0 Å². The number of halogens is 1. The number of rotatable bonds is 5. The summed E-state index contributed by atoms with van der Waals surface area (Å²) >= 11 is 0. The van der Waals surface area contributed by atoms with Crippen molar-refractivity contribution >= 4 is 10.2 Å².